The quantitative estimate of drug-likeness (QED) is 0.470. The lowest BCUT2D eigenvalue weighted by atomic mass is 10.2. The van der Waals surface area contributed by atoms with E-state index in [4.69, 9.17) is 4.74 Å². The summed E-state index contributed by atoms with van der Waals surface area (Å²) in [4.78, 5) is 19.8. The van der Waals surface area contributed by atoms with Crippen molar-refractivity contribution < 1.29 is 13.5 Å². The molecule has 1 aliphatic heterocycles. The van der Waals surface area contributed by atoms with Crippen LogP contribution in [0, 0.1) is 18.6 Å². The fraction of sp³-hybridized carbons (Fsp3) is 0.261. The van der Waals surface area contributed by atoms with Crippen LogP contribution in [0.3, 0.4) is 0 Å². The standard InChI is InChI=1S/C23H23F2N7O/c1-14-11-16-17(29-14)4-5-18(20(16)24)33-23-21(25)22(27-13-28-23)30-15-3-6-19(26-12-15)32-9-7-31(2)8-10-32/h3-6,11-13,29H,7-10H2,1-2H3,(H,27,28,30). The third-order valence-corrected chi connectivity index (χ3v) is 5.64. The van der Waals surface area contributed by atoms with Crippen molar-refractivity contribution in [2.75, 3.05) is 43.4 Å². The summed E-state index contributed by atoms with van der Waals surface area (Å²) in [5.74, 6) is -1.14. The first kappa shape index (κ1) is 21.1. The maximum atomic E-state index is 15.0. The van der Waals surface area contributed by atoms with Gasteiger partial charge in [0.15, 0.2) is 17.4 Å². The molecule has 0 spiro atoms. The van der Waals surface area contributed by atoms with Crippen LogP contribution in [0.2, 0.25) is 0 Å². The zero-order chi connectivity index (χ0) is 22.9. The lowest BCUT2D eigenvalue weighted by Gasteiger charge is -2.33. The summed E-state index contributed by atoms with van der Waals surface area (Å²) >= 11 is 0. The summed E-state index contributed by atoms with van der Waals surface area (Å²) in [6, 6.07) is 8.47. The largest absolute Gasteiger partial charge is 0.433 e. The van der Waals surface area contributed by atoms with E-state index in [-0.39, 0.29) is 17.4 Å². The van der Waals surface area contributed by atoms with Gasteiger partial charge in [-0.3, -0.25) is 0 Å². The number of ether oxygens (including phenoxy) is 1. The zero-order valence-corrected chi connectivity index (χ0v) is 18.3. The second-order valence-electron chi connectivity index (χ2n) is 8.06. The minimum Gasteiger partial charge on any atom is -0.433 e. The first-order valence-electron chi connectivity index (χ1n) is 10.6. The van der Waals surface area contributed by atoms with Crippen LogP contribution in [0.15, 0.2) is 42.9 Å². The fourth-order valence-electron chi connectivity index (χ4n) is 3.80. The van der Waals surface area contributed by atoms with Crippen molar-refractivity contribution in [3.05, 3.63) is 60.2 Å². The molecule has 33 heavy (non-hydrogen) atoms. The third kappa shape index (κ3) is 4.29. The molecule has 0 saturated carbocycles. The van der Waals surface area contributed by atoms with E-state index in [9.17, 15) is 4.39 Å². The van der Waals surface area contributed by atoms with Crippen LogP contribution < -0.4 is 15.0 Å². The van der Waals surface area contributed by atoms with Crippen LogP contribution in [-0.2, 0) is 0 Å². The molecular weight excluding hydrogens is 428 g/mol. The van der Waals surface area contributed by atoms with Gasteiger partial charge in [0.2, 0.25) is 5.82 Å². The molecule has 1 aliphatic rings. The van der Waals surface area contributed by atoms with Crippen molar-refractivity contribution in [3.63, 3.8) is 0 Å². The molecule has 0 atom stereocenters. The first-order valence-corrected chi connectivity index (χ1v) is 10.6. The number of likely N-dealkylation sites (N-methyl/N-ethyl adjacent to an activating group) is 1. The molecule has 0 unspecified atom stereocenters. The highest BCUT2D eigenvalue weighted by atomic mass is 19.1. The predicted octanol–water partition coefficient (Wildman–Crippen LogP) is 4.23. The van der Waals surface area contributed by atoms with Crippen LogP contribution in [0.4, 0.5) is 26.1 Å². The molecule has 170 valence electrons. The summed E-state index contributed by atoms with van der Waals surface area (Å²) in [5, 5.41) is 3.25. The van der Waals surface area contributed by atoms with Gasteiger partial charge in [0.25, 0.3) is 5.88 Å². The maximum absolute atomic E-state index is 15.0. The maximum Gasteiger partial charge on any atom is 0.261 e. The van der Waals surface area contributed by atoms with E-state index in [1.54, 1.807) is 18.3 Å². The van der Waals surface area contributed by atoms with Crippen molar-refractivity contribution in [2.45, 2.75) is 6.92 Å². The van der Waals surface area contributed by atoms with E-state index in [1.807, 2.05) is 19.1 Å². The van der Waals surface area contributed by atoms with Crippen molar-refractivity contribution >= 4 is 28.2 Å². The Hall–Kier alpha value is -3.79. The molecule has 1 fully saturated rings. The second-order valence-corrected chi connectivity index (χ2v) is 8.06. The van der Waals surface area contributed by atoms with Crippen LogP contribution in [0.1, 0.15) is 5.69 Å². The molecule has 0 amide bonds. The number of hydrogen-bond donors (Lipinski definition) is 2. The van der Waals surface area contributed by atoms with E-state index < -0.39 is 11.6 Å². The second kappa shape index (κ2) is 8.62. The number of aromatic amines is 1. The summed E-state index contributed by atoms with van der Waals surface area (Å²) in [5.41, 5.74) is 2.01. The summed E-state index contributed by atoms with van der Waals surface area (Å²) in [6.07, 6.45) is 2.78. The van der Waals surface area contributed by atoms with E-state index in [0.717, 1.165) is 44.0 Å². The Balaban J connectivity index is 1.33. The summed E-state index contributed by atoms with van der Waals surface area (Å²) in [6.45, 7) is 5.60. The molecule has 10 heteroatoms. The molecule has 1 saturated heterocycles. The number of benzene rings is 1. The number of piperazine rings is 1. The van der Waals surface area contributed by atoms with Gasteiger partial charge in [-0.1, -0.05) is 0 Å². The SMILES string of the molecule is Cc1cc2c(F)c(Oc3ncnc(Nc4ccc(N5CCN(C)CC5)nc4)c3F)ccc2[nH]1. The van der Waals surface area contributed by atoms with Gasteiger partial charge < -0.3 is 24.8 Å². The number of hydrogen-bond acceptors (Lipinski definition) is 7. The minimum atomic E-state index is -0.828. The van der Waals surface area contributed by atoms with E-state index >= 15 is 4.39 Å². The average molecular weight is 451 g/mol. The highest BCUT2D eigenvalue weighted by Gasteiger charge is 2.18. The number of anilines is 3. The zero-order valence-electron chi connectivity index (χ0n) is 18.3. The molecule has 3 aromatic heterocycles. The molecule has 4 heterocycles. The number of halogens is 2. The number of fused-ring (bicyclic) bond motifs is 1. The van der Waals surface area contributed by atoms with Gasteiger partial charge in [0.1, 0.15) is 12.1 Å². The van der Waals surface area contributed by atoms with Crippen molar-refractivity contribution in [1.29, 1.82) is 0 Å². The van der Waals surface area contributed by atoms with Crippen LogP contribution >= 0.6 is 0 Å². The van der Waals surface area contributed by atoms with Gasteiger partial charge in [0, 0.05) is 42.8 Å². The number of aromatic nitrogens is 4. The number of aryl methyl sites for hydroxylation is 1. The van der Waals surface area contributed by atoms with Crippen LogP contribution in [0.25, 0.3) is 10.9 Å². The van der Waals surface area contributed by atoms with E-state index in [0.29, 0.717) is 16.6 Å². The highest BCUT2D eigenvalue weighted by Crippen LogP contribution is 2.32. The summed E-state index contributed by atoms with van der Waals surface area (Å²) in [7, 11) is 2.10. The van der Waals surface area contributed by atoms with E-state index in [1.165, 1.54) is 6.07 Å². The molecule has 4 aromatic rings. The van der Waals surface area contributed by atoms with Gasteiger partial charge in [-0.05, 0) is 44.3 Å². The normalized spacial score (nSPS) is 14.6. The Kier molecular flexibility index (Phi) is 5.51. The van der Waals surface area contributed by atoms with Crippen LogP contribution in [0.5, 0.6) is 11.6 Å². The number of rotatable bonds is 5. The van der Waals surface area contributed by atoms with Gasteiger partial charge in [0.05, 0.1) is 11.9 Å². The first-order chi connectivity index (χ1) is 16.0. The number of pyridine rings is 1. The van der Waals surface area contributed by atoms with Crippen molar-refractivity contribution in [1.82, 2.24) is 24.8 Å². The Morgan fingerprint density at radius 2 is 1.82 bits per heavy atom. The Labute approximate surface area is 189 Å². The molecule has 0 radical (unpaired) electrons. The Bertz CT molecular complexity index is 1280. The molecule has 2 N–H and O–H groups in total. The van der Waals surface area contributed by atoms with Gasteiger partial charge in [-0.15, -0.1) is 0 Å². The number of nitrogens with one attached hydrogen (secondary N) is 2. The van der Waals surface area contributed by atoms with Crippen LogP contribution in [-0.4, -0.2) is 58.1 Å². The lowest BCUT2D eigenvalue weighted by molar-refractivity contribution is 0.312. The molecule has 0 aliphatic carbocycles. The fourth-order valence-corrected chi connectivity index (χ4v) is 3.80. The highest BCUT2D eigenvalue weighted by molar-refractivity contribution is 5.82. The van der Waals surface area contributed by atoms with Gasteiger partial charge >= 0.3 is 0 Å². The minimum absolute atomic E-state index is 0.0897. The molecule has 1 aromatic carbocycles. The van der Waals surface area contributed by atoms with Crippen molar-refractivity contribution in [3.8, 4) is 11.6 Å². The Morgan fingerprint density at radius 1 is 1.00 bits per heavy atom. The molecule has 8 nitrogen and oxygen atoms in total. The number of H-pyrrole nitrogens is 1. The molecule has 0 bridgehead atoms. The van der Waals surface area contributed by atoms with E-state index in [2.05, 4.69) is 42.1 Å². The molecule has 5 rings (SSSR count). The molecular formula is C23H23F2N7O. The summed E-state index contributed by atoms with van der Waals surface area (Å²) < 4.78 is 35.3. The Morgan fingerprint density at radius 3 is 2.58 bits per heavy atom. The third-order valence-electron chi connectivity index (χ3n) is 5.64. The van der Waals surface area contributed by atoms with Gasteiger partial charge in [-0.2, -0.15) is 9.37 Å². The topological polar surface area (TPSA) is 82.2 Å². The van der Waals surface area contributed by atoms with Crippen molar-refractivity contribution in [2.24, 2.45) is 0 Å². The average Bonchev–Trinajstić information content (AvgIpc) is 3.20. The number of nitrogens with zero attached hydrogens (tertiary/aromatic N) is 5. The smallest absolute Gasteiger partial charge is 0.261 e. The lowest BCUT2D eigenvalue weighted by Crippen LogP contribution is -2.44. The monoisotopic (exact) mass is 451 g/mol. The predicted molar refractivity (Wildman–Crippen MR) is 122 cm³/mol. The van der Waals surface area contributed by atoms with Gasteiger partial charge in [-0.25, -0.2) is 14.4 Å².